The van der Waals surface area contributed by atoms with Gasteiger partial charge in [0.25, 0.3) is 0 Å². The lowest BCUT2D eigenvalue weighted by atomic mass is 9.79. The Morgan fingerprint density at radius 3 is 2.11 bits per heavy atom. The van der Waals surface area contributed by atoms with Gasteiger partial charge in [0.1, 0.15) is 0 Å². The van der Waals surface area contributed by atoms with E-state index in [0.29, 0.717) is 0 Å². The summed E-state index contributed by atoms with van der Waals surface area (Å²) in [5.41, 5.74) is 0. The highest BCUT2D eigenvalue weighted by atomic mass is 15.2. The van der Waals surface area contributed by atoms with Crippen LogP contribution in [-0.2, 0) is 0 Å². The molecular formula is C16H32N2. The molecule has 0 aromatic carbocycles. The molecule has 1 saturated heterocycles. The first-order valence-electron chi connectivity index (χ1n) is 7.98. The summed E-state index contributed by atoms with van der Waals surface area (Å²) in [6.45, 7) is 7.45. The molecule has 0 radical (unpaired) electrons. The van der Waals surface area contributed by atoms with Crippen molar-refractivity contribution in [3.05, 3.63) is 0 Å². The van der Waals surface area contributed by atoms with Crippen molar-refractivity contribution in [2.24, 2.45) is 11.8 Å². The molecule has 2 nitrogen and oxygen atoms in total. The Bertz CT molecular complexity index is 211. The van der Waals surface area contributed by atoms with Crippen LogP contribution in [0.5, 0.6) is 0 Å². The maximum atomic E-state index is 2.70. The fourth-order valence-corrected chi connectivity index (χ4v) is 3.84. The van der Waals surface area contributed by atoms with Crippen LogP contribution in [-0.4, -0.2) is 49.1 Å². The average Bonchev–Trinajstić information content (AvgIpc) is 2.39. The van der Waals surface area contributed by atoms with E-state index in [1.807, 2.05) is 0 Å². The molecule has 1 aliphatic carbocycles. The maximum absolute atomic E-state index is 2.70. The Morgan fingerprint density at radius 2 is 1.56 bits per heavy atom. The second-order valence-electron chi connectivity index (χ2n) is 6.96. The van der Waals surface area contributed by atoms with Gasteiger partial charge in [0, 0.05) is 12.1 Å². The van der Waals surface area contributed by atoms with Crippen LogP contribution < -0.4 is 0 Å². The Labute approximate surface area is 114 Å². The van der Waals surface area contributed by atoms with E-state index in [0.717, 1.165) is 23.9 Å². The van der Waals surface area contributed by atoms with E-state index < -0.39 is 0 Å². The highest BCUT2D eigenvalue weighted by Gasteiger charge is 2.30. The van der Waals surface area contributed by atoms with Crippen LogP contribution in [0.3, 0.4) is 0 Å². The fourth-order valence-electron chi connectivity index (χ4n) is 3.84. The van der Waals surface area contributed by atoms with E-state index in [-0.39, 0.29) is 0 Å². The quantitative estimate of drug-likeness (QED) is 0.761. The minimum Gasteiger partial charge on any atom is -0.306 e. The third kappa shape index (κ3) is 3.48. The summed E-state index contributed by atoms with van der Waals surface area (Å²) in [7, 11) is 4.63. The summed E-state index contributed by atoms with van der Waals surface area (Å²) in [6, 6.07) is 1.61. The predicted molar refractivity (Wildman–Crippen MR) is 78.9 cm³/mol. The van der Waals surface area contributed by atoms with Crippen molar-refractivity contribution in [1.82, 2.24) is 9.80 Å². The van der Waals surface area contributed by atoms with Crippen LogP contribution >= 0.6 is 0 Å². The van der Waals surface area contributed by atoms with Gasteiger partial charge in [-0.2, -0.15) is 0 Å². The topological polar surface area (TPSA) is 6.48 Å². The second kappa shape index (κ2) is 6.38. The molecule has 18 heavy (non-hydrogen) atoms. The van der Waals surface area contributed by atoms with Crippen molar-refractivity contribution in [2.45, 2.75) is 64.5 Å². The predicted octanol–water partition coefficient (Wildman–Crippen LogP) is 3.23. The summed E-state index contributed by atoms with van der Waals surface area (Å²) in [4.78, 5) is 5.17. The van der Waals surface area contributed by atoms with Crippen molar-refractivity contribution in [3.8, 4) is 0 Å². The van der Waals surface area contributed by atoms with Crippen molar-refractivity contribution < 1.29 is 0 Å². The summed E-state index contributed by atoms with van der Waals surface area (Å²) in [5.74, 6) is 1.92. The van der Waals surface area contributed by atoms with Gasteiger partial charge in [-0.1, -0.05) is 19.8 Å². The van der Waals surface area contributed by atoms with E-state index in [4.69, 9.17) is 0 Å². The smallest absolute Gasteiger partial charge is 0.0119 e. The molecule has 1 aliphatic heterocycles. The van der Waals surface area contributed by atoms with Crippen molar-refractivity contribution >= 4 is 0 Å². The molecule has 106 valence electrons. The molecule has 0 bridgehead atoms. The second-order valence-corrected chi connectivity index (χ2v) is 6.96. The van der Waals surface area contributed by atoms with Crippen LogP contribution in [0.4, 0.5) is 0 Å². The van der Waals surface area contributed by atoms with Gasteiger partial charge in [0.15, 0.2) is 0 Å². The first kappa shape index (κ1) is 14.3. The van der Waals surface area contributed by atoms with Gasteiger partial charge in [-0.15, -0.1) is 0 Å². The molecule has 2 heteroatoms. The van der Waals surface area contributed by atoms with Gasteiger partial charge < -0.3 is 9.80 Å². The zero-order valence-electron chi connectivity index (χ0n) is 12.9. The third-order valence-corrected chi connectivity index (χ3v) is 5.65. The highest BCUT2D eigenvalue weighted by Crippen LogP contribution is 2.33. The number of piperidine rings is 1. The average molecular weight is 252 g/mol. The Kier molecular flexibility index (Phi) is 5.08. The molecule has 2 aliphatic rings. The Morgan fingerprint density at radius 1 is 1.00 bits per heavy atom. The SMILES string of the molecule is CC1CCC(C(C)N(C)C2CCN(C)CC2)CC1. The van der Waals surface area contributed by atoms with Crippen molar-refractivity contribution in [3.63, 3.8) is 0 Å². The molecule has 0 N–H and O–H groups in total. The standard InChI is InChI=1S/C16H32N2/c1-13-5-7-15(8-6-13)14(2)18(4)16-9-11-17(3)12-10-16/h13-16H,5-12H2,1-4H3. The lowest BCUT2D eigenvalue weighted by Crippen LogP contribution is -2.48. The molecule has 1 atom stereocenters. The molecule has 0 spiro atoms. The van der Waals surface area contributed by atoms with E-state index in [1.54, 1.807) is 0 Å². The minimum absolute atomic E-state index is 0.783. The number of likely N-dealkylation sites (tertiary alicyclic amines) is 1. The minimum atomic E-state index is 0.783. The van der Waals surface area contributed by atoms with E-state index in [2.05, 4.69) is 37.7 Å². The maximum Gasteiger partial charge on any atom is 0.0119 e. The molecule has 1 unspecified atom stereocenters. The van der Waals surface area contributed by atoms with Crippen LogP contribution in [0, 0.1) is 11.8 Å². The molecule has 0 aromatic heterocycles. The van der Waals surface area contributed by atoms with Crippen molar-refractivity contribution in [2.75, 3.05) is 27.2 Å². The number of nitrogens with zero attached hydrogens (tertiary/aromatic N) is 2. The van der Waals surface area contributed by atoms with Gasteiger partial charge in [0.05, 0.1) is 0 Å². The first-order valence-corrected chi connectivity index (χ1v) is 7.98. The van der Waals surface area contributed by atoms with Crippen LogP contribution in [0.15, 0.2) is 0 Å². The Balaban J connectivity index is 1.82. The third-order valence-electron chi connectivity index (χ3n) is 5.65. The zero-order chi connectivity index (χ0) is 13.1. The number of rotatable bonds is 3. The molecule has 1 saturated carbocycles. The van der Waals surface area contributed by atoms with Crippen molar-refractivity contribution in [1.29, 1.82) is 0 Å². The summed E-state index contributed by atoms with van der Waals surface area (Å²) in [6.07, 6.45) is 8.55. The van der Waals surface area contributed by atoms with Gasteiger partial charge in [-0.25, -0.2) is 0 Å². The summed E-state index contributed by atoms with van der Waals surface area (Å²) in [5, 5.41) is 0. The van der Waals surface area contributed by atoms with E-state index in [1.165, 1.54) is 51.6 Å². The lowest BCUT2D eigenvalue weighted by molar-refractivity contribution is 0.0700. The highest BCUT2D eigenvalue weighted by molar-refractivity contribution is 4.84. The summed E-state index contributed by atoms with van der Waals surface area (Å²) >= 11 is 0. The molecule has 1 heterocycles. The van der Waals surface area contributed by atoms with E-state index >= 15 is 0 Å². The van der Waals surface area contributed by atoms with Gasteiger partial charge >= 0.3 is 0 Å². The fraction of sp³-hybridized carbons (Fsp3) is 1.00. The van der Waals surface area contributed by atoms with Gasteiger partial charge in [-0.05, 0) is 71.6 Å². The molecule has 0 amide bonds. The molecular weight excluding hydrogens is 220 g/mol. The largest absolute Gasteiger partial charge is 0.306 e. The van der Waals surface area contributed by atoms with Crippen LogP contribution in [0.2, 0.25) is 0 Å². The normalized spacial score (nSPS) is 33.8. The zero-order valence-corrected chi connectivity index (χ0v) is 12.9. The molecule has 2 rings (SSSR count). The molecule has 2 fully saturated rings. The number of hydrogen-bond donors (Lipinski definition) is 0. The van der Waals surface area contributed by atoms with Gasteiger partial charge in [0.2, 0.25) is 0 Å². The lowest BCUT2D eigenvalue weighted by Gasteiger charge is -2.42. The number of hydrogen-bond acceptors (Lipinski definition) is 2. The first-order chi connectivity index (χ1) is 8.58. The Hall–Kier alpha value is -0.0800. The summed E-state index contributed by atoms with van der Waals surface area (Å²) < 4.78 is 0. The van der Waals surface area contributed by atoms with Gasteiger partial charge in [-0.3, -0.25) is 0 Å². The van der Waals surface area contributed by atoms with Crippen LogP contribution in [0.1, 0.15) is 52.4 Å². The molecule has 0 aromatic rings. The van der Waals surface area contributed by atoms with E-state index in [9.17, 15) is 0 Å². The van der Waals surface area contributed by atoms with Crippen LogP contribution in [0.25, 0.3) is 0 Å². The monoisotopic (exact) mass is 252 g/mol.